The van der Waals surface area contributed by atoms with Gasteiger partial charge in [-0.1, -0.05) is 0 Å². The Morgan fingerprint density at radius 3 is 2.75 bits per heavy atom. The molecule has 2 rings (SSSR count). The Balaban J connectivity index is 2.42. The van der Waals surface area contributed by atoms with Gasteiger partial charge in [0, 0.05) is 15.6 Å². The number of halogens is 2. The van der Waals surface area contributed by atoms with Crippen LogP contribution >= 0.6 is 0 Å². The van der Waals surface area contributed by atoms with Crippen LogP contribution in [0.4, 0.5) is 14.8 Å². The summed E-state index contributed by atoms with van der Waals surface area (Å²) in [4.78, 5) is 2.44. The fraction of sp³-hybridized carbons (Fsp3) is 0. The van der Waals surface area contributed by atoms with Crippen molar-refractivity contribution in [3.05, 3.63) is 40.3 Å². The molecule has 2 aromatic rings. The van der Waals surface area contributed by atoms with E-state index < -0.39 is 11.6 Å². The van der Waals surface area contributed by atoms with E-state index in [1.807, 2.05) is 0 Å². The monoisotopic (exact) mass is 223 g/mol. The summed E-state index contributed by atoms with van der Waals surface area (Å²) in [5, 5.41) is 9.95. The SMILES string of the molecule is [N-]=[N+]=Nc1nnc(-c2ccc(F)c(F)c2)o1. The van der Waals surface area contributed by atoms with Gasteiger partial charge in [0.1, 0.15) is 0 Å². The van der Waals surface area contributed by atoms with Gasteiger partial charge < -0.3 is 4.42 Å². The topological polar surface area (TPSA) is 87.7 Å². The molecular formula is C8H3F2N5O. The fourth-order valence-electron chi connectivity index (χ4n) is 1.04. The second-order valence-corrected chi connectivity index (χ2v) is 2.71. The quantitative estimate of drug-likeness (QED) is 0.445. The van der Waals surface area contributed by atoms with Crippen molar-refractivity contribution >= 4 is 6.01 Å². The minimum absolute atomic E-state index is 0.0544. The Kier molecular flexibility index (Phi) is 2.49. The van der Waals surface area contributed by atoms with Crippen LogP contribution in [-0.4, -0.2) is 10.2 Å². The fourth-order valence-corrected chi connectivity index (χ4v) is 1.04. The Bertz CT molecular complexity index is 576. The first-order chi connectivity index (χ1) is 7.70. The second kappa shape index (κ2) is 3.95. The van der Waals surface area contributed by atoms with E-state index in [2.05, 4.69) is 20.2 Å². The Hall–Kier alpha value is -2.47. The van der Waals surface area contributed by atoms with Gasteiger partial charge in [0.05, 0.1) is 0 Å². The normalized spacial score (nSPS) is 9.88. The largest absolute Gasteiger partial charge is 0.415 e. The molecule has 0 aliphatic rings. The molecular weight excluding hydrogens is 220 g/mol. The summed E-state index contributed by atoms with van der Waals surface area (Å²) in [5.41, 5.74) is 8.30. The number of azide groups is 1. The number of benzene rings is 1. The molecule has 0 saturated carbocycles. The predicted molar refractivity (Wildman–Crippen MR) is 48.5 cm³/mol. The molecule has 16 heavy (non-hydrogen) atoms. The first-order valence-electron chi connectivity index (χ1n) is 4.05. The van der Waals surface area contributed by atoms with Crippen LogP contribution in [0.15, 0.2) is 27.7 Å². The molecule has 0 amide bonds. The zero-order valence-corrected chi connectivity index (χ0v) is 7.63. The third-order valence-electron chi connectivity index (χ3n) is 1.71. The van der Waals surface area contributed by atoms with Crippen molar-refractivity contribution in [1.82, 2.24) is 10.2 Å². The summed E-state index contributed by atoms with van der Waals surface area (Å²) in [7, 11) is 0. The molecule has 0 fully saturated rings. The van der Waals surface area contributed by atoms with Crippen LogP contribution in [0.3, 0.4) is 0 Å². The van der Waals surface area contributed by atoms with Crippen molar-refractivity contribution in [3.63, 3.8) is 0 Å². The maximum Gasteiger partial charge on any atom is 0.304 e. The molecule has 6 nitrogen and oxygen atoms in total. The summed E-state index contributed by atoms with van der Waals surface area (Å²) in [5.74, 6) is -2.05. The number of hydrogen-bond donors (Lipinski definition) is 0. The van der Waals surface area contributed by atoms with Crippen molar-refractivity contribution in [2.75, 3.05) is 0 Å². The number of hydrogen-bond acceptors (Lipinski definition) is 4. The van der Waals surface area contributed by atoms with Crippen LogP contribution in [-0.2, 0) is 0 Å². The van der Waals surface area contributed by atoms with Crippen LogP contribution in [0, 0.1) is 11.6 Å². The average molecular weight is 223 g/mol. The van der Waals surface area contributed by atoms with E-state index in [0.29, 0.717) is 0 Å². The average Bonchev–Trinajstić information content (AvgIpc) is 2.71. The molecule has 0 aliphatic heterocycles. The van der Waals surface area contributed by atoms with Crippen molar-refractivity contribution < 1.29 is 13.2 Å². The first kappa shape index (κ1) is 10.1. The summed E-state index contributed by atoms with van der Waals surface area (Å²) in [6.07, 6.45) is 0. The first-order valence-corrected chi connectivity index (χ1v) is 4.05. The Morgan fingerprint density at radius 1 is 1.25 bits per heavy atom. The second-order valence-electron chi connectivity index (χ2n) is 2.71. The lowest BCUT2D eigenvalue weighted by molar-refractivity contribution is 0.507. The predicted octanol–water partition coefficient (Wildman–Crippen LogP) is 2.96. The van der Waals surface area contributed by atoms with Gasteiger partial charge >= 0.3 is 6.01 Å². The molecule has 0 radical (unpaired) electrons. The molecule has 0 atom stereocenters. The van der Waals surface area contributed by atoms with Crippen LogP contribution in [0.25, 0.3) is 21.9 Å². The van der Waals surface area contributed by atoms with Crippen LogP contribution in [0.5, 0.6) is 0 Å². The third-order valence-corrected chi connectivity index (χ3v) is 1.71. The zero-order chi connectivity index (χ0) is 11.5. The van der Waals surface area contributed by atoms with Gasteiger partial charge in [0.15, 0.2) is 11.6 Å². The molecule has 0 aliphatic carbocycles. The number of nitrogens with zero attached hydrogens (tertiary/aromatic N) is 5. The lowest BCUT2D eigenvalue weighted by Crippen LogP contribution is -1.85. The highest BCUT2D eigenvalue weighted by Gasteiger charge is 2.10. The maximum atomic E-state index is 12.9. The third kappa shape index (κ3) is 1.82. The lowest BCUT2D eigenvalue weighted by atomic mass is 10.2. The van der Waals surface area contributed by atoms with E-state index in [-0.39, 0.29) is 17.5 Å². The van der Waals surface area contributed by atoms with Crippen LogP contribution < -0.4 is 0 Å². The Labute approximate surface area is 87.2 Å². The van der Waals surface area contributed by atoms with Gasteiger partial charge in [-0.15, -0.1) is 10.2 Å². The molecule has 0 bridgehead atoms. The molecule has 0 spiro atoms. The molecule has 1 aromatic heterocycles. The molecule has 8 heteroatoms. The standard InChI is InChI=1S/C8H3F2N5O/c9-5-2-1-4(3-6(5)10)7-12-13-8(16-7)14-15-11/h1-3H. The summed E-state index contributed by atoms with van der Waals surface area (Å²) in [6, 6.07) is 2.82. The van der Waals surface area contributed by atoms with Crippen LogP contribution in [0.2, 0.25) is 0 Å². The highest BCUT2D eigenvalue weighted by atomic mass is 19.2. The summed E-state index contributed by atoms with van der Waals surface area (Å²) < 4.78 is 30.4. The van der Waals surface area contributed by atoms with Crippen molar-refractivity contribution in [1.29, 1.82) is 0 Å². The van der Waals surface area contributed by atoms with Gasteiger partial charge in [-0.3, -0.25) is 0 Å². The molecule has 1 aromatic carbocycles. The lowest BCUT2D eigenvalue weighted by Gasteiger charge is -1.95. The van der Waals surface area contributed by atoms with E-state index in [0.717, 1.165) is 12.1 Å². The molecule has 0 N–H and O–H groups in total. The van der Waals surface area contributed by atoms with Gasteiger partial charge in [-0.2, -0.15) is 0 Å². The maximum absolute atomic E-state index is 12.9. The van der Waals surface area contributed by atoms with E-state index in [1.54, 1.807) is 0 Å². The van der Waals surface area contributed by atoms with E-state index in [1.165, 1.54) is 6.07 Å². The highest BCUT2D eigenvalue weighted by Crippen LogP contribution is 2.22. The van der Waals surface area contributed by atoms with Crippen molar-refractivity contribution in [2.45, 2.75) is 0 Å². The summed E-state index contributed by atoms with van der Waals surface area (Å²) >= 11 is 0. The van der Waals surface area contributed by atoms with Gasteiger partial charge in [-0.05, 0) is 23.7 Å². The minimum atomic E-state index is -1.03. The number of rotatable bonds is 2. The van der Waals surface area contributed by atoms with Crippen LogP contribution in [0.1, 0.15) is 0 Å². The van der Waals surface area contributed by atoms with Gasteiger partial charge in [0.2, 0.25) is 5.89 Å². The molecule has 80 valence electrons. The number of aromatic nitrogens is 2. The minimum Gasteiger partial charge on any atom is -0.415 e. The van der Waals surface area contributed by atoms with Gasteiger partial charge in [0.25, 0.3) is 0 Å². The molecule has 0 unspecified atom stereocenters. The Morgan fingerprint density at radius 2 is 2.06 bits per heavy atom. The summed E-state index contributed by atoms with van der Waals surface area (Å²) in [6.45, 7) is 0. The smallest absolute Gasteiger partial charge is 0.304 e. The zero-order valence-electron chi connectivity index (χ0n) is 7.63. The van der Waals surface area contributed by atoms with Crippen molar-refractivity contribution in [2.24, 2.45) is 5.11 Å². The molecule has 0 saturated heterocycles. The van der Waals surface area contributed by atoms with E-state index in [9.17, 15) is 8.78 Å². The van der Waals surface area contributed by atoms with Gasteiger partial charge in [-0.25, -0.2) is 8.78 Å². The van der Waals surface area contributed by atoms with E-state index in [4.69, 9.17) is 9.95 Å². The molecule has 1 heterocycles. The van der Waals surface area contributed by atoms with Crippen molar-refractivity contribution in [3.8, 4) is 11.5 Å². The van der Waals surface area contributed by atoms with E-state index >= 15 is 0 Å². The highest BCUT2D eigenvalue weighted by molar-refractivity contribution is 5.53.